The molecule has 2 rings (SSSR count). The van der Waals surface area contributed by atoms with Crippen molar-refractivity contribution in [2.75, 3.05) is 31.4 Å². The van der Waals surface area contributed by atoms with Gasteiger partial charge in [-0.2, -0.15) is 0 Å². The lowest BCUT2D eigenvalue weighted by molar-refractivity contribution is -0.154. The molecule has 0 unspecified atom stereocenters. The van der Waals surface area contributed by atoms with Crippen LogP contribution < -0.4 is 15.5 Å². The molecule has 2 aromatic rings. The van der Waals surface area contributed by atoms with Crippen LogP contribution in [-0.4, -0.2) is 72.6 Å². The highest BCUT2D eigenvalue weighted by atomic mass is 16.7. The van der Waals surface area contributed by atoms with Crippen LogP contribution in [0.25, 0.3) is 0 Å². The van der Waals surface area contributed by atoms with Crippen LogP contribution in [0.4, 0.5) is 10.5 Å². The highest BCUT2D eigenvalue weighted by Gasteiger charge is 2.30. The molecule has 0 aliphatic heterocycles. The summed E-state index contributed by atoms with van der Waals surface area (Å²) in [5, 5.41) is 22.1. The van der Waals surface area contributed by atoms with Crippen LogP contribution in [-0.2, 0) is 14.3 Å². The Labute approximate surface area is 226 Å². The molecule has 0 spiro atoms. The van der Waals surface area contributed by atoms with Gasteiger partial charge in [-0.1, -0.05) is 19.9 Å². The number of anilines is 1. The highest BCUT2D eigenvalue weighted by Crippen LogP contribution is 2.27. The molecule has 1 aromatic carbocycles. The first-order chi connectivity index (χ1) is 18.7. The van der Waals surface area contributed by atoms with E-state index in [1.807, 2.05) is 13.8 Å². The van der Waals surface area contributed by atoms with E-state index in [-0.39, 0.29) is 34.6 Å². The Kier molecular flexibility index (Phi) is 11.8. The lowest BCUT2D eigenvalue weighted by Gasteiger charge is -2.25. The number of rotatable bonds is 12. The maximum atomic E-state index is 13.4. The molecule has 39 heavy (non-hydrogen) atoms. The Morgan fingerprint density at radius 2 is 1.74 bits per heavy atom. The van der Waals surface area contributed by atoms with Crippen LogP contribution in [0.2, 0.25) is 0 Å². The third kappa shape index (κ3) is 7.98. The van der Waals surface area contributed by atoms with Gasteiger partial charge >= 0.3 is 12.1 Å². The van der Waals surface area contributed by atoms with Gasteiger partial charge in [-0.05, 0) is 49.9 Å². The number of amidine groups is 1. The van der Waals surface area contributed by atoms with Crippen molar-refractivity contribution in [3.8, 4) is 0 Å². The van der Waals surface area contributed by atoms with Crippen molar-refractivity contribution >= 4 is 41.7 Å². The van der Waals surface area contributed by atoms with Gasteiger partial charge in [-0.25, -0.2) is 19.5 Å². The molecule has 13 heteroatoms. The van der Waals surface area contributed by atoms with Gasteiger partial charge in [0.1, 0.15) is 12.9 Å². The first-order valence-corrected chi connectivity index (χ1v) is 12.3. The molecule has 3 amide bonds. The minimum atomic E-state index is -1.05. The summed E-state index contributed by atoms with van der Waals surface area (Å²) >= 11 is 0. The third-order valence-electron chi connectivity index (χ3n) is 5.50. The number of aryl methyl sites for hydroxylation is 1. The second-order valence-corrected chi connectivity index (χ2v) is 8.34. The minimum absolute atomic E-state index is 0.107. The average Bonchev–Trinajstić information content (AvgIpc) is 3.31. The first kappa shape index (κ1) is 30.7. The Bertz CT molecular complexity index is 1240. The fourth-order valence-corrected chi connectivity index (χ4v) is 3.48. The zero-order valence-electron chi connectivity index (χ0n) is 22.4. The van der Waals surface area contributed by atoms with Gasteiger partial charge in [0, 0.05) is 24.8 Å². The van der Waals surface area contributed by atoms with E-state index in [1.54, 1.807) is 26.0 Å². The number of carbonyl (C=O) groups excluding carboxylic acids is 4. The van der Waals surface area contributed by atoms with Gasteiger partial charge in [-0.15, -0.1) is 0 Å². The summed E-state index contributed by atoms with van der Waals surface area (Å²) in [4.78, 5) is 58.1. The van der Waals surface area contributed by atoms with Gasteiger partial charge in [-0.3, -0.25) is 15.0 Å². The van der Waals surface area contributed by atoms with Crippen molar-refractivity contribution < 1.29 is 33.8 Å². The van der Waals surface area contributed by atoms with Crippen LogP contribution in [0.1, 0.15) is 64.2 Å². The van der Waals surface area contributed by atoms with Crippen molar-refractivity contribution in [1.29, 1.82) is 5.41 Å². The van der Waals surface area contributed by atoms with E-state index in [0.717, 1.165) is 17.7 Å². The number of H-pyrrole nitrogens is 1. The Hall–Kier alpha value is -4.52. The molecule has 210 valence electrons. The fraction of sp³-hybridized carbons (Fsp3) is 0.385. The lowest BCUT2D eigenvalue weighted by atomic mass is 10.1. The van der Waals surface area contributed by atoms with Gasteiger partial charge in [0.25, 0.3) is 11.8 Å². The summed E-state index contributed by atoms with van der Waals surface area (Å²) in [7, 11) is 0. The van der Waals surface area contributed by atoms with E-state index >= 15 is 0 Å². The predicted molar refractivity (Wildman–Crippen MR) is 144 cm³/mol. The van der Waals surface area contributed by atoms with Crippen molar-refractivity contribution in [3.63, 3.8) is 0 Å². The quantitative estimate of drug-likeness (QED) is 0.118. The normalized spacial score (nSPS) is 10.9. The standard InChI is InChI=1S/C26H34N6O7/c1-5-9-28-24(35)18-8-7-16(3)20(11-18)32(26(37)39-15-38-21(34)13-33)23(31-14-27)22-17(4)19(12-30-22)25(36)29-10-6-2/h7-8,11-12,14,27,30,33H,5-6,9-10,13,15H2,1-4H3,(H,28,35)(H,29,36). The molecule has 13 nitrogen and oxygen atoms in total. The molecule has 0 saturated carbocycles. The second kappa shape index (κ2) is 15.0. The van der Waals surface area contributed by atoms with Crippen LogP contribution >= 0.6 is 0 Å². The van der Waals surface area contributed by atoms with Crippen molar-refractivity contribution in [1.82, 2.24) is 15.6 Å². The predicted octanol–water partition coefficient (Wildman–Crippen LogP) is 2.40. The maximum absolute atomic E-state index is 13.4. The number of ether oxygens (including phenoxy) is 2. The SMILES string of the molecule is CCCNC(=O)c1ccc(C)c(N(C(=O)OCOC(=O)CO)C(=NC=N)c2[nH]cc(C(=O)NCCC)c2C)c1. The number of amides is 3. The molecular weight excluding hydrogens is 508 g/mol. The average molecular weight is 543 g/mol. The number of carbonyl (C=O) groups is 4. The number of nitrogens with one attached hydrogen (secondary N) is 4. The zero-order chi connectivity index (χ0) is 28.9. The fourth-order valence-electron chi connectivity index (χ4n) is 3.48. The molecule has 1 aromatic heterocycles. The van der Waals surface area contributed by atoms with Gasteiger partial charge in [0.05, 0.1) is 16.9 Å². The molecule has 1 heterocycles. The number of aliphatic imine (C=N–C) groups is 1. The summed E-state index contributed by atoms with van der Waals surface area (Å²) in [6.45, 7) is 6.40. The lowest BCUT2D eigenvalue weighted by Crippen LogP contribution is -2.40. The Morgan fingerprint density at radius 3 is 2.36 bits per heavy atom. The molecule has 0 radical (unpaired) electrons. The number of aliphatic hydroxyl groups excluding tert-OH is 1. The molecule has 0 bridgehead atoms. The summed E-state index contributed by atoms with van der Waals surface area (Å²) in [5.74, 6) is -1.80. The summed E-state index contributed by atoms with van der Waals surface area (Å²) in [6, 6.07) is 4.70. The minimum Gasteiger partial charge on any atom is -0.426 e. The first-order valence-electron chi connectivity index (χ1n) is 12.3. The summed E-state index contributed by atoms with van der Waals surface area (Å²) in [6.07, 6.45) is 2.59. The molecule has 0 saturated heterocycles. The van der Waals surface area contributed by atoms with E-state index in [0.29, 0.717) is 36.1 Å². The number of esters is 1. The van der Waals surface area contributed by atoms with Gasteiger partial charge in [0.2, 0.25) is 6.79 Å². The number of aliphatic hydroxyl groups is 1. The van der Waals surface area contributed by atoms with Crippen molar-refractivity contribution in [2.45, 2.75) is 40.5 Å². The number of hydrogen-bond donors (Lipinski definition) is 5. The molecule has 0 atom stereocenters. The van der Waals surface area contributed by atoms with E-state index in [4.69, 9.17) is 15.3 Å². The van der Waals surface area contributed by atoms with E-state index in [9.17, 15) is 19.2 Å². The van der Waals surface area contributed by atoms with E-state index < -0.39 is 25.5 Å². The van der Waals surface area contributed by atoms with Crippen LogP contribution in [0, 0.1) is 19.3 Å². The largest absolute Gasteiger partial charge is 0.426 e. The molecule has 0 aliphatic rings. The van der Waals surface area contributed by atoms with Crippen LogP contribution in [0.5, 0.6) is 0 Å². The Morgan fingerprint density at radius 1 is 1.08 bits per heavy atom. The number of aromatic nitrogens is 1. The smallest absolute Gasteiger partial charge is 0.423 e. The van der Waals surface area contributed by atoms with Crippen LogP contribution in [0.3, 0.4) is 0 Å². The van der Waals surface area contributed by atoms with Gasteiger partial charge in [0.15, 0.2) is 5.84 Å². The number of hydrogen-bond acceptors (Lipinski definition) is 8. The van der Waals surface area contributed by atoms with Crippen LogP contribution in [0.15, 0.2) is 29.4 Å². The van der Waals surface area contributed by atoms with Crippen molar-refractivity contribution in [3.05, 3.63) is 52.3 Å². The molecular formula is C26H34N6O7. The van der Waals surface area contributed by atoms with Gasteiger partial charge < -0.3 is 30.2 Å². The monoisotopic (exact) mass is 542 g/mol. The summed E-state index contributed by atoms with van der Waals surface area (Å²) < 4.78 is 9.79. The van der Waals surface area contributed by atoms with Crippen molar-refractivity contribution in [2.24, 2.45) is 4.99 Å². The molecule has 0 fully saturated rings. The molecule has 5 N–H and O–H groups in total. The van der Waals surface area contributed by atoms with E-state index in [2.05, 4.69) is 25.3 Å². The number of benzene rings is 1. The second-order valence-electron chi connectivity index (χ2n) is 8.34. The maximum Gasteiger partial charge on any atom is 0.423 e. The zero-order valence-corrected chi connectivity index (χ0v) is 22.4. The van der Waals surface area contributed by atoms with E-state index in [1.165, 1.54) is 12.3 Å². The number of nitrogens with zero attached hydrogens (tertiary/aromatic N) is 2. The topological polar surface area (TPSA) is 186 Å². The Balaban J connectivity index is 2.63. The third-order valence-corrected chi connectivity index (χ3v) is 5.50. The number of aromatic amines is 1. The highest BCUT2D eigenvalue weighted by molar-refractivity contribution is 6.24. The summed E-state index contributed by atoms with van der Waals surface area (Å²) in [5.41, 5.74) is 2.00. The molecule has 0 aliphatic carbocycles.